The minimum atomic E-state index is -3.16. The van der Waals surface area contributed by atoms with Crippen molar-refractivity contribution in [1.29, 1.82) is 0 Å². The van der Waals surface area contributed by atoms with Gasteiger partial charge in [0.1, 0.15) is 6.54 Å². The normalized spacial score (nSPS) is 19.1. The first-order chi connectivity index (χ1) is 11.8. The number of aryl methyl sites for hydroxylation is 2. The maximum atomic E-state index is 12.3. The lowest BCUT2D eigenvalue weighted by Gasteiger charge is -2.32. The zero-order valence-electron chi connectivity index (χ0n) is 15.5. The van der Waals surface area contributed by atoms with Crippen LogP contribution in [0, 0.1) is 19.8 Å². The first-order valence-electron chi connectivity index (χ1n) is 9.07. The van der Waals surface area contributed by atoms with Crippen molar-refractivity contribution >= 4 is 15.9 Å². The molecule has 0 aromatic carbocycles. The Kier molecular flexibility index (Phi) is 7.01. The van der Waals surface area contributed by atoms with Crippen LogP contribution < -0.4 is 5.32 Å². The van der Waals surface area contributed by atoms with Gasteiger partial charge in [-0.1, -0.05) is 13.3 Å². The van der Waals surface area contributed by atoms with Gasteiger partial charge in [-0.05, 0) is 45.1 Å². The largest absolute Gasteiger partial charge is 0.354 e. The first-order valence-corrected chi connectivity index (χ1v) is 10.7. The summed E-state index contributed by atoms with van der Waals surface area (Å²) in [4.78, 5) is 12.1. The molecule has 1 unspecified atom stereocenters. The van der Waals surface area contributed by atoms with Gasteiger partial charge in [-0.15, -0.1) is 0 Å². The molecule has 1 atom stereocenters. The molecule has 1 N–H and O–H groups in total. The minimum absolute atomic E-state index is 0.0860. The zero-order valence-corrected chi connectivity index (χ0v) is 16.3. The van der Waals surface area contributed by atoms with Crippen LogP contribution in [0.3, 0.4) is 0 Å². The Morgan fingerprint density at radius 3 is 2.80 bits per heavy atom. The van der Waals surface area contributed by atoms with E-state index in [-0.39, 0.29) is 24.1 Å². The van der Waals surface area contributed by atoms with Crippen LogP contribution >= 0.6 is 0 Å². The van der Waals surface area contributed by atoms with E-state index in [1.54, 1.807) is 8.99 Å². The number of piperidine rings is 1. The fourth-order valence-electron chi connectivity index (χ4n) is 3.19. The summed E-state index contributed by atoms with van der Waals surface area (Å²) < 4.78 is 28.0. The van der Waals surface area contributed by atoms with Crippen molar-refractivity contribution in [3.05, 3.63) is 17.5 Å². The molecule has 0 radical (unpaired) electrons. The Labute approximate surface area is 150 Å². The first kappa shape index (κ1) is 19.9. The molecule has 1 aromatic rings. The highest BCUT2D eigenvalue weighted by Gasteiger charge is 2.28. The van der Waals surface area contributed by atoms with Gasteiger partial charge in [0.2, 0.25) is 15.9 Å². The third-order valence-corrected chi connectivity index (χ3v) is 6.54. The highest BCUT2D eigenvalue weighted by molar-refractivity contribution is 7.89. The number of hydrogen-bond acceptors (Lipinski definition) is 4. The van der Waals surface area contributed by atoms with E-state index in [9.17, 15) is 13.2 Å². The average molecular weight is 371 g/mol. The van der Waals surface area contributed by atoms with Crippen LogP contribution in [0.15, 0.2) is 6.07 Å². The molecule has 0 spiro atoms. The predicted octanol–water partition coefficient (Wildman–Crippen LogP) is 1.46. The molecule has 1 fully saturated rings. The summed E-state index contributed by atoms with van der Waals surface area (Å²) in [6, 6.07) is 1.94. The topological polar surface area (TPSA) is 84.3 Å². The van der Waals surface area contributed by atoms with Crippen LogP contribution in [-0.2, 0) is 21.4 Å². The van der Waals surface area contributed by atoms with Gasteiger partial charge in [0.05, 0.1) is 11.4 Å². The molecular weight excluding hydrogens is 340 g/mol. The van der Waals surface area contributed by atoms with E-state index in [0.717, 1.165) is 30.7 Å². The molecule has 2 heterocycles. The summed E-state index contributed by atoms with van der Waals surface area (Å²) >= 11 is 0. The molecular formula is C17H30N4O3S. The highest BCUT2D eigenvalue weighted by atomic mass is 32.2. The molecule has 142 valence electrons. The number of unbranched alkanes of at least 4 members (excludes halogenated alkanes) is 1. The molecule has 8 heteroatoms. The van der Waals surface area contributed by atoms with E-state index < -0.39 is 10.0 Å². The summed E-state index contributed by atoms with van der Waals surface area (Å²) in [7, 11) is -3.16. The Morgan fingerprint density at radius 2 is 2.16 bits per heavy atom. The van der Waals surface area contributed by atoms with Gasteiger partial charge in [-0.2, -0.15) is 5.10 Å². The van der Waals surface area contributed by atoms with Gasteiger partial charge >= 0.3 is 0 Å². The molecule has 1 saturated heterocycles. The summed E-state index contributed by atoms with van der Waals surface area (Å²) in [5.74, 6) is 0.312. The minimum Gasteiger partial charge on any atom is -0.354 e. The molecule has 1 aliphatic rings. The van der Waals surface area contributed by atoms with Crippen molar-refractivity contribution in [3.63, 3.8) is 0 Å². The van der Waals surface area contributed by atoms with Crippen molar-refractivity contribution < 1.29 is 13.2 Å². The number of hydrogen-bond donors (Lipinski definition) is 1. The van der Waals surface area contributed by atoms with Gasteiger partial charge in [0.25, 0.3) is 0 Å². The predicted molar refractivity (Wildman–Crippen MR) is 97.7 cm³/mol. The van der Waals surface area contributed by atoms with E-state index in [0.29, 0.717) is 26.1 Å². The number of carbonyl (C=O) groups excluding carboxylic acids is 1. The highest BCUT2D eigenvalue weighted by Crippen LogP contribution is 2.19. The van der Waals surface area contributed by atoms with Gasteiger partial charge in [0.15, 0.2) is 0 Å². The van der Waals surface area contributed by atoms with E-state index >= 15 is 0 Å². The lowest BCUT2D eigenvalue weighted by molar-refractivity contribution is -0.122. The van der Waals surface area contributed by atoms with Gasteiger partial charge in [-0.3, -0.25) is 9.48 Å². The summed E-state index contributed by atoms with van der Waals surface area (Å²) in [6.45, 7) is 7.63. The second-order valence-corrected chi connectivity index (χ2v) is 9.01. The lowest BCUT2D eigenvalue weighted by Crippen LogP contribution is -2.44. The molecule has 1 amide bonds. The average Bonchev–Trinajstić information content (AvgIpc) is 2.88. The second-order valence-electron chi connectivity index (χ2n) is 6.92. The number of sulfonamides is 1. The molecule has 0 bridgehead atoms. The molecule has 0 aliphatic carbocycles. The van der Waals surface area contributed by atoms with E-state index in [1.165, 1.54) is 0 Å². The zero-order chi connectivity index (χ0) is 18.4. The smallest absolute Gasteiger partial charge is 0.241 e. The number of amides is 1. The maximum absolute atomic E-state index is 12.3. The van der Waals surface area contributed by atoms with Crippen molar-refractivity contribution in [2.75, 3.05) is 25.4 Å². The summed E-state index contributed by atoms with van der Waals surface area (Å²) in [6.07, 6.45) is 3.37. The second kappa shape index (κ2) is 8.80. The summed E-state index contributed by atoms with van der Waals surface area (Å²) in [5, 5.41) is 7.22. The number of aromatic nitrogens is 2. The summed E-state index contributed by atoms with van der Waals surface area (Å²) in [5.41, 5.74) is 1.85. The Bertz CT molecular complexity index is 684. The van der Waals surface area contributed by atoms with Crippen molar-refractivity contribution in [2.45, 2.75) is 53.0 Å². The van der Waals surface area contributed by atoms with E-state index in [4.69, 9.17) is 0 Å². The van der Waals surface area contributed by atoms with E-state index in [1.807, 2.05) is 26.8 Å². The van der Waals surface area contributed by atoms with Gasteiger partial charge < -0.3 is 5.32 Å². The van der Waals surface area contributed by atoms with Crippen LogP contribution in [0.2, 0.25) is 0 Å². The van der Waals surface area contributed by atoms with Gasteiger partial charge in [0, 0.05) is 25.3 Å². The monoisotopic (exact) mass is 370 g/mol. The lowest BCUT2D eigenvalue weighted by atomic mass is 10.00. The number of nitrogens with zero attached hydrogens (tertiary/aromatic N) is 3. The molecule has 1 aliphatic heterocycles. The number of rotatable bonds is 8. The van der Waals surface area contributed by atoms with Crippen molar-refractivity contribution in [3.8, 4) is 0 Å². The SMILES string of the molecule is CCCCS(=O)(=O)N1CCCC(CNC(=O)Cn2nc(C)cc2C)C1. The maximum Gasteiger partial charge on any atom is 0.241 e. The Hall–Kier alpha value is -1.41. The third-order valence-electron chi connectivity index (χ3n) is 4.62. The Morgan fingerprint density at radius 1 is 1.40 bits per heavy atom. The Balaban J connectivity index is 1.82. The van der Waals surface area contributed by atoms with Crippen LogP contribution in [-0.4, -0.2) is 53.8 Å². The van der Waals surface area contributed by atoms with Crippen LogP contribution in [0.4, 0.5) is 0 Å². The van der Waals surface area contributed by atoms with Crippen molar-refractivity contribution in [2.24, 2.45) is 5.92 Å². The quantitative estimate of drug-likeness (QED) is 0.751. The standard InChI is InChI=1S/C17H30N4O3S/c1-4-5-9-25(23,24)20-8-6-7-16(12-20)11-18-17(22)13-21-15(3)10-14(2)19-21/h10,16H,4-9,11-13H2,1-3H3,(H,18,22). The number of nitrogens with one attached hydrogen (secondary N) is 1. The fourth-order valence-corrected chi connectivity index (χ4v) is 4.94. The fraction of sp³-hybridized carbons (Fsp3) is 0.765. The van der Waals surface area contributed by atoms with E-state index in [2.05, 4.69) is 10.4 Å². The number of carbonyl (C=O) groups is 1. The van der Waals surface area contributed by atoms with Crippen molar-refractivity contribution in [1.82, 2.24) is 19.4 Å². The third kappa shape index (κ3) is 5.81. The van der Waals surface area contributed by atoms with Gasteiger partial charge in [-0.25, -0.2) is 12.7 Å². The molecule has 1 aromatic heterocycles. The molecule has 7 nitrogen and oxygen atoms in total. The van der Waals surface area contributed by atoms with Crippen LogP contribution in [0.5, 0.6) is 0 Å². The van der Waals surface area contributed by atoms with Crippen LogP contribution in [0.1, 0.15) is 44.0 Å². The molecule has 2 rings (SSSR count). The molecule has 0 saturated carbocycles. The molecule has 25 heavy (non-hydrogen) atoms. The van der Waals surface area contributed by atoms with Crippen LogP contribution in [0.25, 0.3) is 0 Å².